The van der Waals surface area contributed by atoms with Crippen LogP contribution >= 0.6 is 34.8 Å². The van der Waals surface area contributed by atoms with Crippen molar-refractivity contribution in [2.75, 3.05) is 17.8 Å². The molecule has 0 aromatic heterocycles. The SMILES string of the molecule is C[C@H]1CCCN(S(=O)(=O)c2ccc(NS(=O)(=O)c3cc(Cl)c(Cl)cc3Cl)cc2)C1. The number of halogens is 3. The molecule has 3 rings (SSSR count). The average Bonchev–Trinajstić information content (AvgIpc) is 2.64. The molecular formula is C18H19Cl3N2O4S2. The Hall–Kier alpha value is -1.03. The summed E-state index contributed by atoms with van der Waals surface area (Å²) in [6.45, 7) is 2.98. The third-order valence-corrected chi connectivity index (χ3v) is 9.08. The molecule has 1 aliphatic rings. The summed E-state index contributed by atoms with van der Waals surface area (Å²) in [6.07, 6.45) is 1.83. The molecule has 6 nitrogen and oxygen atoms in total. The molecule has 0 radical (unpaired) electrons. The van der Waals surface area contributed by atoms with Crippen molar-refractivity contribution in [3.8, 4) is 0 Å². The molecule has 0 unspecified atom stereocenters. The van der Waals surface area contributed by atoms with Gasteiger partial charge in [0.05, 0.1) is 20.0 Å². The highest BCUT2D eigenvalue weighted by atomic mass is 35.5. The molecule has 158 valence electrons. The highest BCUT2D eigenvalue weighted by molar-refractivity contribution is 7.92. The molecule has 1 aliphatic heterocycles. The van der Waals surface area contributed by atoms with Crippen molar-refractivity contribution in [1.29, 1.82) is 0 Å². The van der Waals surface area contributed by atoms with Crippen LogP contribution < -0.4 is 4.72 Å². The Bertz CT molecular complexity index is 1120. The van der Waals surface area contributed by atoms with Gasteiger partial charge in [0.2, 0.25) is 10.0 Å². The largest absolute Gasteiger partial charge is 0.280 e. The van der Waals surface area contributed by atoms with Crippen LogP contribution in [0.2, 0.25) is 15.1 Å². The second kappa shape index (κ2) is 8.61. The van der Waals surface area contributed by atoms with Crippen molar-refractivity contribution >= 4 is 60.5 Å². The zero-order valence-corrected chi connectivity index (χ0v) is 19.3. The van der Waals surface area contributed by atoms with Crippen LogP contribution in [0.1, 0.15) is 19.8 Å². The van der Waals surface area contributed by atoms with E-state index >= 15 is 0 Å². The minimum atomic E-state index is -4.04. The van der Waals surface area contributed by atoms with Gasteiger partial charge in [0.15, 0.2) is 0 Å². The Balaban J connectivity index is 1.83. The predicted molar refractivity (Wildman–Crippen MR) is 116 cm³/mol. The molecule has 0 spiro atoms. The first-order valence-corrected chi connectivity index (χ1v) is 12.8. The van der Waals surface area contributed by atoms with Crippen LogP contribution in [0.3, 0.4) is 0 Å². The van der Waals surface area contributed by atoms with Crippen molar-refractivity contribution in [1.82, 2.24) is 4.31 Å². The third-order valence-electron chi connectivity index (χ3n) is 4.63. The standard InChI is InChI=1S/C18H19Cl3N2O4S2/c1-12-3-2-8-23(11-12)29(26,27)14-6-4-13(5-7-14)22-28(24,25)18-10-16(20)15(19)9-17(18)21/h4-7,9-10,12,22H,2-3,8,11H2,1H3/t12-/m0/s1. The number of anilines is 1. The lowest BCUT2D eigenvalue weighted by atomic mass is 10.0. The maximum absolute atomic E-state index is 12.8. The maximum atomic E-state index is 12.8. The zero-order valence-electron chi connectivity index (χ0n) is 15.4. The molecule has 0 amide bonds. The minimum absolute atomic E-state index is 0.0497. The van der Waals surface area contributed by atoms with Gasteiger partial charge >= 0.3 is 0 Å². The van der Waals surface area contributed by atoms with Gasteiger partial charge in [-0.2, -0.15) is 4.31 Å². The van der Waals surface area contributed by atoms with Gasteiger partial charge in [-0.1, -0.05) is 41.7 Å². The van der Waals surface area contributed by atoms with Crippen LogP contribution in [0.5, 0.6) is 0 Å². The summed E-state index contributed by atoms with van der Waals surface area (Å²) in [6, 6.07) is 7.94. The fourth-order valence-corrected chi connectivity index (χ4v) is 6.79. The second-order valence-corrected chi connectivity index (χ2v) is 11.7. The van der Waals surface area contributed by atoms with Crippen LogP contribution in [-0.2, 0) is 20.0 Å². The quantitative estimate of drug-likeness (QED) is 0.597. The van der Waals surface area contributed by atoms with E-state index < -0.39 is 20.0 Å². The van der Waals surface area contributed by atoms with E-state index in [0.717, 1.165) is 18.9 Å². The average molecular weight is 498 g/mol. The van der Waals surface area contributed by atoms with Gasteiger partial charge < -0.3 is 0 Å². The van der Waals surface area contributed by atoms with Crippen molar-refractivity contribution in [2.24, 2.45) is 5.92 Å². The minimum Gasteiger partial charge on any atom is -0.280 e. The topological polar surface area (TPSA) is 83.6 Å². The lowest BCUT2D eigenvalue weighted by Crippen LogP contribution is -2.39. The summed E-state index contributed by atoms with van der Waals surface area (Å²) in [5.74, 6) is 0.306. The van der Waals surface area contributed by atoms with Gasteiger partial charge in [0.25, 0.3) is 10.0 Å². The summed E-state index contributed by atoms with van der Waals surface area (Å²) < 4.78 is 54.7. The number of sulfonamides is 2. The first kappa shape index (κ1) is 22.7. The monoisotopic (exact) mass is 496 g/mol. The Kier molecular flexibility index (Phi) is 6.72. The molecule has 1 heterocycles. The van der Waals surface area contributed by atoms with Gasteiger partial charge in [-0.15, -0.1) is 0 Å². The van der Waals surface area contributed by atoms with Gasteiger partial charge in [0.1, 0.15) is 4.90 Å². The molecule has 0 aliphatic carbocycles. The fourth-order valence-electron chi connectivity index (χ4n) is 3.13. The van der Waals surface area contributed by atoms with Gasteiger partial charge in [-0.05, 0) is 55.2 Å². The fraction of sp³-hybridized carbons (Fsp3) is 0.333. The molecule has 1 atom stereocenters. The molecule has 11 heteroatoms. The molecule has 1 saturated heterocycles. The first-order valence-electron chi connectivity index (χ1n) is 8.78. The zero-order chi connectivity index (χ0) is 21.4. The molecule has 1 fully saturated rings. The van der Waals surface area contributed by atoms with E-state index in [0.29, 0.717) is 19.0 Å². The van der Waals surface area contributed by atoms with Gasteiger partial charge in [-0.3, -0.25) is 4.72 Å². The molecule has 1 N–H and O–H groups in total. The summed E-state index contributed by atoms with van der Waals surface area (Å²) in [7, 11) is -7.67. The Morgan fingerprint density at radius 1 is 0.966 bits per heavy atom. The van der Waals surface area contributed by atoms with Crippen molar-refractivity contribution < 1.29 is 16.8 Å². The van der Waals surface area contributed by atoms with Crippen molar-refractivity contribution in [2.45, 2.75) is 29.6 Å². The second-order valence-electron chi connectivity index (χ2n) is 6.94. The summed E-state index contributed by atoms with van der Waals surface area (Å²) in [5.41, 5.74) is 0.193. The third kappa shape index (κ3) is 5.00. The van der Waals surface area contributed by atoms with E-state index in [4.69, 9.17) is 34.8 Å². The summed E-state index contributed by atoms with van der Waals surface area (Å²) in [5, 5.41) is 0.108. The van der Waals surface area contributed by atoms with E-state index in [9.17, 15) is 16.8 Å². The van der Waals surface area contributed by atoms with E-state index in [1.165, 1.54) is 34.6 Å². The first-order chi connectivity index (χ1) is 13.5. The molecule has 2 aromatic rings. The number of hydrogen-bond acceptors (Lipinski definition) is 4. The van der Waals surface area contributed by atoms with Crippen LogP contribution in [-0.4, -0.2) is 34.2 Å². The lowest BCUT2D eigenvalue weighted by molar-refractivity contribution is 0.281. The summed E-state index contributed by atoms with van der Waals surface area (Å²) >= 11 is 17.7. The van der Waals surface area contributed by atoms with Gasteiger partial charge in [-0.25, -0.2) is 16.8 Å². The Morgan fingerprint density at radius 3 is 2.21 bits per heavy atom. The van der Waals surface area contributed by atoms with Crippen LogP contribution in [0.15, 0.2) is 46.2 Å². The Morgan fingerprint density at radius 2 is 1.59 bits per heavy atom. The van der Waals surface area contributed by atoms with Crippen molar-refractivity contribution in [3.05, 3.63) is 51.5 Å². The van der Waals surface area contributed by atoms with E-state index in [2.05, 4.69) is 4.72 Å². The predicted octanol–water partition coefficient (Wildman–Crippen LogP) is 4.87. The molecule has 0 saturated carbocycles. The number of piperidine rings is 1. The molecule has 0 bridgehead atoms. The highest BCUT2D eigenvalue weighted by Gasteiger charge is 2.28. The van der Waals surface area contributed by atoms with E-state index in [1.54, 1.807) is 0 Å². The van der Waals surface area contributed by atoms with Gasteiger partial charge in [0, 0.05) is 18.8 Å². The maximum Gasteiger partial charge on any atom is 0.263 e. The van der Waals surface area contributed by atoms with Crippen LogP contribution in [0, 0.1) is 5.92 Å². The van der Waals surface area contributed by atoms with Crippen LogP contribution in [0.25, 0.3) is 0 Å². The number of nitrogens with zero attached hydrogens (tertiary/aromatic N) is 1. The number of hydrogen-bond donors (Lipinski definition) is 1. The van der Waals surface area contributed by atoms with E-state index in [-0.39, 0.29) is 30.5 Å². The Labute approximate surface area is 185 Å². The van der Waals surface area contributed by atoms with Crippen LogP contribution in [0.4, 0.5) is 5.69 Å². The number of rotatable bonds is 5. The molecule has 29 heavy (non-hydrogen) atoms. The number of benzene rings is 2. The highest BCUT2D eigenvalue weighted by Crippen LogP contribution is 2.33. The normalized spacial score (nSPS) is 18.6. The summed E-state index contributed by atoms with van der Waals surface area (Å²) in [4.78, 5) is -0.116. The lowest BCUT2D eigenvalue weighted by Gasteiger charge is -2.30. The number of nitrogens with one attached hydrogen (secondary N) is 1. The smallest absolute Gasteiger partial charge is 0.263 e. The van der Waals surface area contributed by atoms with Crippen molar-refractivity contribution in [3.63, 3.8) is 0 Å². The molecule has 2 aromatic carbocycles. The molecular weight excluding hydrogens is 479 g/mol. The van der Waals surface area contributed by atoms with E-state index in [1.807, 2.05) is 6.92 Å².